The molecule has 1 aromatic carbocycles. The number of para-hydroxylation sites is 1. The van der Waals surface area contributed by atoms with Crippen molar-refractivity contribution in [1.82, 2.24) is 0 Å². The van der Waals surface area contributed by atoms with Gasteiger partial charge < -0.3 is 9.47 Å². The number of hydrogen-bond acceptors (Lipinski definition) is 5. The first-order valence-electron chi connectivity index (χ1n) is 5.60. The van der Waals surface area contributed by atoms with Crippen molar-refractivity contribution in [2.75, 3.05) is 13.7 Å². The second-order valence-corrected chi connectivity index (χ2v) is 3.84. The van der Waals surface area contributed by atoms with Crippen LogP contribution in [0.3, 0.4) is 0 Å². The summed E-state index contributed by atoms with van der Waals surface area (Å²) in [6, 6.07) is 4.59. The maximum absolute atomic E-state index is 11.1. The molecule has 6 nitrogen and oxygen atoms in total. The molecule has 102 valence electrons. The Kier molecular flexibility index (Phi) is 5.05. The summed E-state index contributed by atoms with van der Waals surface area (Å²) in [6.45, 7) is 5.10. The fraction of sp³-hybridized carbons (Fsp3) is 0.308. The number of nitrogens with zero attached hydrogens (tertiary/aromatic N) is 1. The van der Waals surface area contributed by atoms with Crippen molar-refractivity contribution in [3.8, 4) is 5.75 Å². The zero-order valence-electron chi connectivity index (χ0n) is 10.8. The summed E-state index contributed by atoms with van der Waals surface area (Å²) in [7, 11) is 1.22. The second-order valence-electron chi connectivity index (χ2n) is 3.84. The lowest BCUT2D eigenvalue weighted by Gasteiger charge is -2.13. The van der Waals surface area contributed by atoms with Gasteiger partial charge in [-0.15, -0.1) is 6.58 Å². The number of methoxy groups -OCH3 is 1. The molecule has 0 fully saturated rings. The molecule has 0 amide bonds. The molecule has 1 atom stereocenters. The quantitative estimate of drug-likeness (QED) is 0.341. The largest absolute Gasteiger partial charge is 0.475 e. The molecule has 0 bridgehead atoms. The Balaban J connectivity index is 3.17. The maximum atomic E-state index is 11.1. The molecule has 1 rings (SSSR count). The van der Waals surface area contributed by atoms with Crippen LogP contribution in [-0.2, 0) is 9.53 Å². The van der Waals surface area contributed by atoms with Crippen molar-refractivity contribution in [3.05, 3.63) is 46.5 Å². The van der Waals surface area contributed by atoms with Crippen molar-refractivity contribution in [2.24, 2.45) is 0 Å². The van der Waals surface area contributed by atoms with Gasteiger partial charge >= 0.3 is 11.7 Å². The smallest absolute Gasteiger partial charge is 0.343 e. The van der Waals surface area contributed by atoms with E-state index in [0.717, 1.165) is 0 Å². The zero-order chi connectivity index (χ0) is 14.4. The van der Waals surface area contributed by atoms with Crippen LogP contribution in [0.5, 0.6) is 5.75 Å². The molecule has 0 saturated carbocycles. The van der Waals surface area contributed by atoms with Gasteiger partial charge in [-0.1, -0.05) is 25.1 Å². The van der Waals surface area contributed by atoms with Gasteiger partial charge in [0.2, 0.25) is 5.75 Å². The van der Waals surface area contributed by atoms with Crippen LogP contribution in [0.1, 0.15) is 18.4 Å². The van der Waals surface area contributed by atoms with Crippen molar-refractivity contribution in [3.63, 3.8) is 0 Å². The number of benzene rings is 1. The van der Waals surface area contributed by atoms with Gasteiger partial charge in [0.25, 0.3) is 0 Å². The molecule has 0 aliphatic heterocycles. The standard InChI is InChI=1S/C13H15NO5/c1-4-9(2)10-6-5-7-11(14(16)17)13(10)19-8-12(15)18-3/h4-7,9H,1,8H2,2-3H3. The SMILES string of the molecule is C=CC(C)c1cccc([N+](=O)[O-])c1OCC(=O)OC. The van der Waals surface area contributed by atoms with Crippen LogP contribution in [-0.4, -0.2) is 24.6 Å². The predicted molar refractivity (Wildman–Crippen MR) is 69.2 cm³/mol. The van der Waals surface area contributed by atoms with Crippen LogP contribution in [0.15, 0.2) is 30.9 Å². The monoisotopic (exact) mass is 265 g/mol. The second kappa shape index (κ2) is 6.53. The molecule has 0 radical (unpaired) electrons. The lowest BCUT2D eigenvalue weighted by molar-refractivity contribution is -0.385. The molecule has 6 heteroatoms. The molecule has 0 aliphatic rings. The number of esters is 1. The molecule has 0 N–H and O–H groups in total. The molecule has 0 heterocycles. The van der Waals surface area contributed by atoms with Gasteiger partial charge in [0.15, 0.2) is 6.61 Å². The number of nitro groups is 1. The average molecular weight is 265 g/mol. The third-order valence-electron chi connectivity index (χ3n) is 2.63. The number of allylic oxidation sites excluding steroid dienone is 1. The Hall–Kier alpha value is -2.37. The molecule has 0 aromatic heterocycles. The average Bonchev–Trinajstić information content (AvgIpc) is 2.43. The van der Waals surface area contributed by atoms with Crippen LogP contribution in [0.2, 0.25) is 0 Å². The normalized spacial score (nSPS) is 11.5. The summed E-state index contributed by atoms with van der Waals surface area (Å²) < 4.78 is 9.69. The zero-order valence-corrected chi connectivity index (χ0v) is 10.8. The lowest BCUT2D eigenvalue weighted by atomic mass is 9.99. The summed E-state index contributed by atoms with van der Waals surface area (Å²) in [5.74, 6) is -0.659. The molecule has 1 aromatic rings. The van der Waals surface area contributed by atoms with Crippen LogP contribution >= 0.6 is 0 Å². The van der Waals surface area contributed by atoms with Gasteiger partial charge in [0.1, 0.15) is 0 Å². The van der Waals surface area contributed by atoms with Crippen LogP contribution in [0, 0.1) is 10.1 Å². The molecular formula is C13H15NO5. The van der Waals surface area contributed by atoms with E-state index in [1.54, 1.807) is 18.2 Å². The first kappa shape index (κ1) is 14.7. The van der Waals surface area contributed by atoms with Crippen LogP contribution < -0.4 is 4.74 Å². The highest BCUT2D eigenvalue weighted by Crippen LogP contribution is 2.35. The highest BCUT2D eigenvalue weighted by molar-refractivity contribution is 5.71. The third-order valence-corrected chi connectivity index (χ3v) is 2.63. The van der Waals surface area contributed by atoms with E-state index in [4.69, 9.17) is 4.74 Å². The predicted octanol–water partition coefficient (Wildman–Crippen LogP) is 2.44. The topological polar surface area (TPSA) is 78.7 Å². The van der Waals surface area contributed by atoms with Crippen LogP contribution in [0.4, 0.5) is 5.69 Å². The summed E-state index contributed by atoms with van der Waals surface area (Å²) >= 11 is 0. The van der Waals surface area contributed by atoms with Crippen molar-refractivity contribution >= 4 is 11.7 Å². The Morgan fingerprint density at radius 3 is 2.79 bits per heavy atom. The Morgan fingerprint density at radius 2 is 2.26 bits per heavy atom. The highest BCUT2D eigenvalue weighted by atomic mass is 16.6. The minimum absolute atomic E-state index is 0.0744. The summed E-state index contributed by atoms with van der Waals surface area (Å²) in [4.78, 5) is 21.5. The van der Waals surface area contributed by atoms with Gasteiger partial charge in [-0.25, -0.2) is 4.79 Å². The molecule has 0 saturated heterocycles. The minimum atomic E-state index is -0.602. The van der Waals surface area contributed by atoms with Crippen molar-refractivity contribution < 1.29 is 19.2 Å². The fourth-order valence-corrected chi connectivity index (χ4v) is 1.52. The van der Waals surface area contributed by atoms with Gasteiger partial charge in [-0.05, 0) is 0 Å². The van der Waals surface area contributed by atoms with Gasteiger partial charge in [0, 0.05) is 17.5 Å². The van der Waals surface area contributed by atoms with Crippen molar-refractivity contribution in [2.45, 2.75) is 12.8 Å². The van der Waals surface area contributed by atoms with E-state index in [1.165, 1.54) is 13.2 Å². The van der Waals surface area contributed by atoms with E-state index >= 15 is 0 Å². The number of hydrogen-bond donors (Lipinski definition) is 0. The van der Waals surface area contributed by atoms with Gasteiger partial charge in [0.05, 0.1) is 12.0 Å². The Bertz CT molecular complexity index is 498. The van der Waals surface area contributed by atoms with E-state index in [2.05, 4.69) is 11.3 Å². The Labute approximate surface area is 110 Å². The summed E-state index contributed by atoms with van der Waals surface area (Å²) in [5, 5.41) is 11.0. The molecule has 1 unspecified atom stereocenters. The number of ether oxygens (including phenoxy) is 2. The first-order valence-corrected chi connectivity index (χ1v) is 5.60. The van der Waals surface area contributed by atoms with Gasteiger partial charge in [-0.2, -0.15) is 0 Å². The van der Waals surface area contributed by atoms with E-state index in [-0.39, 0.29) is 24.0 Å². The van der Waals surface area contributed by atoms with Crippen LogP contribution in [0.25, 0.3) is 0 Å². The first-order chi connectivity index (χ1) is 9.01. The number of rotatable bonds is 6. The van der Waals surface area contributed by atoms with E-state index in [9.17, 15) is 14.9 Å². The van der Waals surface area contributed by atoms with E-state index < -0.39 is 10.9 Å². The minimum Gasteiger partial charge on any atom is -0.475 e. The number of nitro benzene ring substituents is 1. The highest BCUT2D eigenvalue weighted by Gasteiger charge is 2.22. The van der Waals surface area contributed by atoms with E-state index in [1.807, 2.05) is 6.92 Å². The molecule has 0 aliphatic carbocycles. The van der Waals surface area contributed by atoms with E-state index in [0.29, 0.717) is 5.56 Å². The Morgan fingerprint density at radius 1 is 1.58 bits per heavy atom. The lowest BCUT2D eigenvalue weighted by Crippen LogP contribution is -2.14. The third kappa shape index (κ3) is 3.54. The molecule has 19 heavy (non-hydrogen) atoms. The molecular weight excluding hydrogens is 250 g/mol. The molecule has 0 spiro atoms. The maximum Gasteiger partial charge on any atom is 0.343 e. The van der Waals surface area contributed by atoms with Crippen molar-refractivity contribution in [1.29, 1.82) is 0 Å². The summed E-state index contributed by atoms with van der Waals surface area (Å²) in [6.07, 6.45) is 1.64. The summed E-state index contributed by atoms with van der Waals surface area (Å²) in [5.41, 5.74) is 0.420. The number of carbonyl (C=O) groups excluding carboxylic acids is 1. The number of carbonyl (C=O) groups is 1. The van der Waals surface area contributed by atoms with Gasteiger partial charge in [-0.3, -0.25) is 10.1 Å². The fourth-order valence-electron chi connectivity index (χ4n) is 1.52.